The number of urea groups is 1. The van der Waals surface area contributed by atoms with Crippen molar-refractivity contribution in [3.05, 3.63) is 30.6 Å². The van der Waals surface area contributed by atoms with Crippen LogP contribution in [0.1, 0.15) is 20.3 Å². The molecule has 0 saturated carbocycles. The van der Waals surface area contributed by atoms with Gasteiger partial charge in [-0.1, -0.05) is 6.92 Å². The van der Waals surface area contributed by atoms with Gasteiger partial charge in [0.05, 0.1) is 12.2 Å². The molecule has 0 bridgehead atoms. The maximum absolute atomic E-state index is 12.2. The van der Waals surface area contributed by atoms with Crippen molar-refractivity contribution in [3.63, 3.8) is 0 Å². The Morgan fingerprint density at radius 3 is 2.58 bits per heavy atom. The zero-order valence-electron chi connectivity index (χ0n) is 14.3. The lowest BCUT2D eigenvalue weighted by atomic mass is 10.00. The molecule has 3 rings (SSSR count). The molecular weight excluding hydrogens is 340 g/mol. The first kappa shape index (κ1) is 17.3. The maximum atomic E-state index is 12.2. The number of amides is 4. The highest BCUT2D eigenvalue weighted by molar-refractivity contribution is 6.07. The van der Waals surface area contributed by atoms with Crippen molar-refractivity contribution in [3.8, 4) is 5.69 Å². The fraction of sp³-hybridized carbons (Fsp3) is 0.333. The Hall–Kier alpha value is -3.50. The van der Waals surface area contributed by atoms with Crippen LogP contribution in [0.3, 0.4) is 0 Å². The van der Waals surface area contributed by atoms with Crippen LogP contribution < -0.4 is 16.1 Å². The summed E-state index contributed by atoms with van der Waals surface area (Å²) in [5.74, 6) is -0.998. The van der Waals surface area contributed by atoms with Crippen molar-refractivity contribution in [1.29, 1.82) is 0 Å². The van der Waals surface area contributed by atoms with Crippen LogP contribution in [0.2, 0.25) is 0 Å². The van der Waals surface area contributed by atoms with Crippen LogP contribution in [0.15, 0.2) is 30.6 Å². The predicted molar refractivity (Wildman–Crippen MR) is 89.9 cm³/mol. The van der Waals surface area contributed by atoms with E-state index in [1.165, 1.54) is 11.0 Å². The van der Waals surface area contributed by atoms with Gasteiger partial charge in [0.25, 0.3) is 11.8 Å². The molecule has 1 aliphatic rings. The van der Waals surface area contributed by atoms with Crippen LogP contribution in [0, 0.1) is 0 Å². The van der Waals surface area contributed by atoms with Gasteiger partial charge in [0.15, 0.2) is 0 Å². The number of hydrogen-bond acceptors (Lipinski definition) is 7. The molecule has 1 unspecified atom stereocenters. The van der Waals surface area contributed by atoms with Gasteiger partial charge < -0.3 is 10.6 Å². The molecule has 11 nitrogen and oxygen atoms in total. The lowest BCUT2D eigenvalue weighted by Crippen LogP contribution is -2.50. The Bertz CT molecular complexity index is 820. The third-order valence-corrected chi connectivity index (χ3v) is 4.14. The Kier molecular flexibility index (Phi) is 4.52. The van der Waals surface area contributed by atoms with E-state index in [0.29, 0.717) is 17.1 Å². The molecule has 2 aromatic rings. The molecule has 4 amide bonds. The van der Waals surface area contributed by atoms with E-state index in [-0.39, 0.29) is 6.54 Å². The standard InChI is InChI=1S/C15H18N8O3/c1-3-15(2)13(25)23(14(26)18-15)19-12(24)8-16-10-4-6-11(7-5-10)22-9-17-20-21-22/h4-7,9,16H,3,8H2,1-2H3,(H,18,26)(H,19,24). The molecular formula is C15H18N8O3. The molecule has 1 atom stereocenters. The second-order valence-electron chi connectivity index (χ2n) is 5.95. The molecule has 2 heterocycles. The summed E-state index contributed by atoms with van der Waals surface area (Å²) in [7, 11) is 0. The summed E-state index contributed by atoms with van der Waals surface area (Å²) >= 11 is 0. The average molecular weight is 358 g/mol. The van der Waals surface area contributed by atoms with E-state index in [1.54, 1.807) is 38.1 Å². The van der Waals surface area contributed by atoms with Gasteiger partial charge in [0.1, 0.15) is 11.9 Å². The van der Waals surface area contributed by atoms with E-state index < -0.39 is 23.4 Å². The number of aromatic nitrogens is 4. The first-order valence-corrected chi connectivity index (χ1v) is 7.96. The lowest BCUT2D eigenvalue weighted by molar-refractivity contribution is -0.138. The molecule has 1 aromatic carbocycles. The second kappa shape index (κ2) is 6.78. The van der Waals surface area contributed by atoms with Crippen LogP contribution >= 0.6 is 0 Å². The summed E-state index contributed by atoms with van der Waals surface area (Å²) in [5.41, 5.74) is 2.77. The first-order valence-electron chi connectivity index (χ1n) is 7.96. The summed E-state index contributed by atoms with van der Waals surface area (Å²) in [6.45, 7) is 3.29. The molecule has 1 aromatic heterocycles. The number of anilines is 1. The smallest absolute Gasteiger partial charge is 0.344 e. The lowest BCUT2D eigenvalue weighted by Gasteiger charge is -2.19. The number of benzene rings is 1. The van der Waals surface area contributed by atoms with Crippen LogP contribution in [-0.4, -0.2) is 55.1 Å². The molecule has 11 heteroatoms. The number of hydrogen-bond donors (Lipinski definition) is 3. The number of carbonyl (C=O) groups is 3. The molecule has 1 aliphatic heterocycles. The van der Waals surface area contributed by atoms with E-state index in [4.69, 9.17) is 0 Å². The first-order chi connectivity index (χ1) is 12.4. The summed E-state index contributed by atoms with van der Waals surface area (Å²) < 4.78 is 1.50. The van der Waals surface area contributed by atoms with E-state index >= 15 is 0 Å². The quantitative estimate of drug-likeness (QED) is 0.610. The van der Waals surface area contributed by atoms with E-state index in [0.717, 1.165) is 5.69 Å². The SMILES string of the molecule is CCC1(C)NC(=O)N(NC(=O)CNc2ccc(-n3cnnn3)cc2)C1=O. The largest absolute Gasteiger partial charge is 0.376 e. The number of imide groups is 1. The number of nitrogens with one attached hydrogen (secondary N) is 3. The third-order valence-electron chi connectivity index (χ3n) is 4.14. The van der Waals surface area contributed by atoms with E-state index in [1.807, 2.05) is 0 Å². The van der Waals surface area contributed by atoms with Crippen molar-refractivity contribution in [1.82, 2.24) is 36.0 Å². The molecule has 1 saturated heterocycles. The van der Waals surface area contributed by atoms with Gasteiger partial charge in [-0.25, -0.2) is 9.48 Å². The summed E-state index contributed by atoms with van der Waals surface area (Å²) in [6.07, 6.45) is 1.90. The normalized spacial score (nSPS) is 19.4. The molecule has 26 heavy (non-hydrogen) atoms. The third kappa shape index (κ3) is 3.31. The second-order valence-corrected chi connectivity index (χ2v) is 5.95. The fourth-order valence-electron chi connectivity index (χ4n) is 2.38. The Balaban J connectivity index is 1.54. The summed E-state index contributed by atoms with van der Waals surface area (Å²) in [5, 5.41) is 17.1. The minimum atomic E-state index is -0.996. The zero-order chi connectivity index (χ0) is 18.7. The highest BCUT2D eigenvalue weighted by Gasteiger charge is 2.47. The van der Waals surface area contributed by atoms with E-state index in [9.17, 15) is 14.4 Å². The van der Waals surface area contributed by atoms with Gasteiger partial charge in [0.2, 0.25) is 0 Å². The fourth-order valence-corrected chi connectivity index (χ4v) is 2.38. The van der Waals surface area contributed by atoms with Crippen LogP contribution in [0.5, 0.6) is 0 Å². The Morgan fingerprint density at radius 2 is 2.00 bits per heavy atom. The summed E-state index contributed by atoms with van der Waals surface area (Å²) in [4.78, 5) is 36.1. The van der Waals surface area contributed by atoms with E-state index in [2.05, 4.69) is 31.6 Å². The minimum Gasteiger partial charge on any atom is -0.376 e. The highest BCUT2D eigenvalue weighted by atomic mass is 16.2. The number of rotatable bonds is 6. The number of carbonyl (C=O) groups excluding carboxylic acids is 3. The van der Waals surface area contributed by atoms with Crippen LogP contribution in [0.25, 0.3) is 5.69 Å². The molecule has 136 valence electrons. The monoisotopic (exact) mass is 358 g/mol. The number of tetrazole rings is 1. The average Bonchev–Trinajstić information content (AvgIpc) is 3.24. The maximum Gasteiger partial charge on any atom is 0.344 e. The van der Waals surface area contributed by atoms with Crippen molar-refractivity contribution < 1.29 is 14.4 Å². The van der Waals surface area contributed by atoms with Gasteiger partial charge in [-0.2, -0.15) is 5.01 Å². The number of hydrazine groups is 1. The van der Waals surface area contributed by atoms with Crippen molar-refractivity contribution >= 4 is 23.5 Å². The summed E-state index contributed by atoms with van der Waals surface area (Å²) in [6, 6.07) is 6.43. The number of nitrogens with zero attached hydrogens (tertiary/aromatic N) is 5. The van der Waals surface area contributed by atoms with Gasteiger partial charge in [0, 0.05) is 5.69 Å². The minimum absolute atomic E-state index is 0.107. The van der Waals surface area contributed by atoms with Crippen LogP contribution in [-0.2, 0) is 9.59 Å². The Labute approximate surface area is 148 Å². The predicted octanol–water partition coefficient (Wildman–Crippen LogP) is -0.174. The molecule has 0 aliphatic carbocycles. The van der Waals surface area contributed by atoms with Crippen molar-refractivity contribution in [2.45, 2.75) is 25.8 Å². The molecule has 1 fully saturated rings. The van der Waals surface area contributed by atoms with Crippen LogP contribution in [0.4, 0.5) is 10.5 Å². The Morgan fingerprint density at radius 1 is 1.27 bits per heavy atom. The zero-order valence-corrected chi connectivity index (χ0v) is 14.3. The van der Waals surface area contributed by atoms with Crippen molar-refractivity contribution in [2.24, 2.45) is 0 Å². The van der Waals surface area contributed by atoms with Crippen molar-refractivity contribution in [2.75, 3.05) is 11.9 Å². The van der Waals surface area contributed by atoms with Gasteiger partial charge >= 0.3 is 6.03 Å². The molecule has 0 radical (unpaired) electrons. The molecule has 3 N–H and O–H groups in total. The van der Waals surface area contributed by atoms with Gasteiger partial charge in [-0.05, 0) is 48.0 Å². The highest BCUT2D eigenvalue weighted by Crippen LogP contribution is 2.19. The molecule has 0 spiro atoms. The van der Waals surface area contributed by atoms with Gasteiger partial charge in [-0.3, -0.25) is 15.0 Å². The topological polar surface area (TPSA) is 134 Å². The van der Waals surface area contributed by atoms with Gasteiger partial charge in [-0.15, -0.1) is 5.10 Å².